The lowest BCUT2D eigenvalue weighted by Crippen LogP contribution is -2.48. The number of aliphatic carboxylic acids is 1. The van der Waals surface area contributed by atoms with Gasteiger partial charge in [0.1, 0.15) is 24.4 Å². The largest absolute Gasteiger partial charge is 0.481 e. The topological polar surface area (TPSA) is 161 Å². The highest BCUT2D eigenvalue weighted by Crippen LogP contribution is 2.31. The lowest BCUT2D eigenvalue weighted by molar-refractivity contribution is -0.141. The van der Waals surface area contributed by atoms with Gasteiger partial charge in [-0.15, -0.1) is 0 Å². The molecule has 0 saturated carbocycles. The van der Waals surface area contributed by atoms with Crippen molar-refractivity contribution in [1.82, 2.24) is 9.88 Å². The number of nitrogens with zero attached hydrogens (tertiary/aromatic N) is 1. The maximum atomic E-state index is 13.8. The summed E-state index contributed by atoms with van der Waals surface area (Å²) >= 11 is 0. The van der Waals surface area contributed by atoms with Crippen LogP contribution in [0.3, 0.4) is 0 Å². The Bertz CT molecular complexity index is 1520. The van der Waals surface area contributed by atoms with E-state index < -0.39 is 117 Å². The van der Waals surface area contributed by atoms with Crippen molar-refractivity contribution in [3.8, 4) is 5.75 Å². The standard InChI is InChI=1S/C23H22F7N3O8S/c1-3-15(33-8-10(23(28,29)30)5-14(22(33)38)32-42(39,40)4-2)21(37)31-13(7-17(35)36)16(34)9-41-20-18(26)11(24)6-12(25)19(20)27/h5-6,8,13,15,32H,3-4,7,9H2,1-2H3,(H,31,37)(H,35,36)/t13-,15-/m0/s1. The summed E-state index contributed by atoms with van der Waals surface area (Å²) in [6, 6.07) is -3.89. The van der Waals surface area contributed by atoms with Gasteiger partial charge in [0.25, 0.3) is 5.56 Å². The summed E-state index contributed by atoms with van der Waals surface area (Å²) in [5.74, 6) is -14.6. The molecule has 0 radical (unpaired) electrons. The molecule has 42 heavy (non-hydrogen) atoms. The minimum absolute atomic E-state index is 0.147. The van der Waals surface area contributed by atoms with E-state index in [1.807, 2.05) is 5.32 Å². The Balaban J connectivity index is 2.44. The molecule has 0 aliphatic rings. The lowest BCUT2D eigenvalue weighted by Gasteiger charge is -2.23. The third-order valence-electron chi connectivity index (χ3n) is 5.56. The average molecular weight is 633 g/mol. The number of benzene rings is 1. The molecule has 1 heterocycles. The van der Waals surface area contributed by atoms with Crippen molar-refractivity contribution in [2.45, 2.75) is 44.9 Å². The molecule has 0 unspecified atom stereocenters. The van der Waals surface area contributed by atoms with Gasteiger partial charge in [0.2, 0.25) is 27.6 Å². The zero-order valence-corrected chi connectivity index (χ0v) is 22.3. The first-order chi connectivity index (χ1) is 19.3. The molecule has 3 N–H and O–H groups in total. The van der Waals surface area contributed by atoms with Crippen LogP contribution in [0.15, 0.2) is 23.1 Å². The van der Waals surface area contributed by atoms with Crippen LogP contribution in [0.1, 0.15) is 38.3 Å². The monoisotopic (exact) mass is 633 g/mol. The third-order valence-corrected chi connectivity index (χ3v) is 6.85. The molecule has 2 atom stereocenters. The smallest absolute Gasteiger partial charge is 0.417 e. The fourth-order valence-corrected chi connectivity index (χ4v) is 4.05. The Morgan fingerprint density at radius 3 is 2.10 bits per heavy atom. The second kappa shape index (κ2) is 13.2. The highest BCUT2D eigenvalue weighted by Gasteiger charge is 2.35. The SMILES string of the molecule is CC[C@@H](C(=O)N[C@@H](CC(=O)O)C(=O)COc1c(F)c(F)cc(F)c1F)n1cc(C(F)(F)F)cc(NS(=O)(=O)CC)c1=O. The Labute approximate surface area is 232 Å². The van der Waals surface area contributed by atoms with Gasteiger partial charge < -0.3 is 19.7 Å². The van der Waals surface area contributed by atoms with E-state index in [9.17, 15) is 58.3 Å². The summed E-state index contributed by atoms with van der Waals surface area (Å²) in [7, 11) is -4.27. The number of anilines is 1. The van der Waals surface area contributed by atoms with E-state index >= 15 is 0 Å². The minimum Gasteiger partial charge on any atom is -0.481 e. The number of carboxylic acids is 1. The number of nitrogens with one attached hydrogen (secondary N) is 2. The number of ether oxygens (including phenoxy) is 1. The molecule has 1 aromatic heterocycles. The van der Waals surface area contributed by atoms with E-state index in [4.69, 9.17) is 5.11 Å². The van der Waals surface area contributed by atoms with Gasteiger partial charge in [-0.3, -0.25) is 23.9 Å². The maximum absolute atomic E-state index is 13.8. The van der Waals surface area contributed by atoms with E-state index in [0.717, 1.165) is 6.92 Å². The molecule has 2 aromatic rings. The van der Waals surface area contributed by atoms with Crippen LogP contribution in [0.5, 0.6) is 5.75 Å². The molecule has 0 saturated heterocycles. The van der Waals surface area contributed by atoms with Crippen molar-refractivity contribution < 1.29 is 63.4 Å². The van der Waals surface area contributed by atoms with Gasteiger partial charge in [-0.05, 0) is 19.4 Å². The zero-order chi connectivity index (χ0) is 32.2. The van der Waals surface area contributed by atoms with Gasteiger partial charge in [-0.2, -0.15) is 22.0 Å². The first-order valence-corrected chi connectivity index (χ1v) is 13.3. The summed E-state index contributed by atoms with van der Waals surface area (Å²) in [6.07, 6.45) is -6.57. The number of pyridine rings is 1. The van der Waals surface area contributed by atoms with Crippen LogP contribution in [0.2, 0.25) is 0 Å². The predicted octanol–water partition coefficient (Wildman–Crippen LogP) is 2.74. The maximum Gasteiger partial charge on any atom is 0.417 e. The quantitative estimate of drug-likeness (QED) is 0.224. The molecule has 1 aromatic carbocycles. The van der Waals surface area contributed by atoms with E-state index in [1.165, 1.54) is 6.92 Å². The lowest BCUT2D eigenvalue weighted by atomic mass is 10.1. The number of hydrogen-bond acceptors (Lipinski definition) is 7. The van der Waals surface area contributed by atoms with Gasteiger partial charge in [-0.25, -0.2) is 17.2 Å². The van der Waals surface area contributed by atoms with Crippen molar-refractivity contribution in [2.24, 2.45) is 0 Å². The molecule has 19 heteroatoms. The first-order valence-electron chi connectivity index (χ1n) is 11.7. The predicted molar refractivity (Wildman–Crippen MR) is 129 cm³/mol. The summed E-state index contributed by atoms with van der Waals surface area (Å²) in [4.78, 5) is 49.8. The number of halogens is 7. The highest BCUT2D eigenvalue weighted by atomic mass is 32.2. The van der Waals surface area contributed by atoms with E-state index in [-0.39, 0.29) is 22.9 Å². The van der Waals surface area contributed by atoms with E-state index in [1.54, 1.807) is 4.72 Å². The number of alkyl halides is 3. The number of sulfonamides is 1. The molecule has 0 fully saturated rings. The van der Waals surface area contributed by atoms with Gasteiger partial charge >= 0.3 is 12.1 Å². The van der Waals surface area contributed by atoms with Crippen LogP contribution < -0.4 is 20.3 Å². The summed E-state index contributed by atoms with van der Waals surface area (Å²) in [5, 5.41) is 11.0. The molecular weight excluding hydrogens is 611 g/mol. The number of aromatic nitrogens is 1. The summed E-state index contributed by atoms with van der Waals surface area (Å²) in [5.41, 5.74) is -4.00. The molecule has 0 aliphatic carbocycles. The Morgan fingerprint density at radius 1 is 1.05 bits per heavy atom. The number of rotatable bonds is 13. The van der Waals surface area contributed by atoms with Crippen molar-refractivity contribution in [3.63, 3.8) is 0 Å². The summed E-state index contributed by atoms with van der Waals surface area (Å²) < 4.78 is 125. The van der Waals surface area contributed by atoms with Crippen molar-refractivity contribution in [1.29, 1.82) is 0 Å². The molecular formula is C23H22F7N3O8S. The van der Waals surface area contributed by atoms with Crippen LogP contribution in [-0.2, 0) is 30.6 Å². The molecule has 2 rings (SSSR count). The highest BCUT2D eigenvalue weighted by molar-refractivity contribution is 7.92. The Hall–Kier alpha value is -4.16. The molecule has 1 amide bonds. The molecule has 0 aliphatic heterocycles. The van der Waals surface area contributed by atoms with Crippen molar-refractivity contribution in [2.75, 3.05) is 17.1 Å². The molecule has 0 bridgehead atoms. The van der Waals surface area contributed by atoms with Crippen LogP contribution in [0.25, 0.3) is 0 Å². The second-order valence-corrected chi connectivity index (χ2v) is 10.5. The fourth-order valence-electron chi connectivity index (χ4n) is 3.42. The van der Waals surface area contributed by atoms with E-state index in [2.05, 4.69) is 4.74 Å². The number of amides is 1. The molecule has 0 spiro atoms. The number of carbonyl (C=O) groups excluding carboxylic acids is 2. The van der Waals surface area contributed by atoms with Crippen molar-refractivity contribution in [3.05, 3.63) is 57.5 Å². The Kier molecular flexibility index (Phi) is 10.7. The van der Waals surface area contributed by atoms with Crippen LogP contribution in [0, 0.1) is 23.3 Å². The summed E-state index contributed by atoms with van der Waals surface area (Å²) in [6.45, 7) is 0.917. The first kappa shape index (κ1) is 34.0. The van der Waals surface area contributed by atoms with Gasteiger partial charge in [0.15, 0.2) is 23.2 Å². The number of carboxylic acid groups (broad SMARTS) is 1. The number of hydrogen-bond donors (Lipinski definition) is 3. The molecule has 232 valence electrons. The average Bonchev–Trinajstić information content (AvgIpc) is 2.88. The van der Waals surface area contributed by atoms with Crippen LogP contribution in [0.4, 0.5) is 36.4 Å². The second-order valence-electron chi connectivity index (χ2n) is 8.49. The number of carbonyl (C=O) groups is 3. The molecule has 11 nitrogen and oxygen atoms in total. The van der Waals surface area contributed by atoms with Crippen LogP contribution in [-0.4, -0.2) is 54.2 Å². The van der Waals surface area contributed by atoms with Crippen molar-refractivity contribution >= 4 is 33.4 Å². The fraction of sp³-hybridized carbons (Fsp3) is 0.391. The van der Waals surface area contributed by atoms with Gasteiger partial charge in [0.05, 0.1) is 17.7 Å². The minimum atomic E-state index is -5.13. The van der Waals surface area contributed by atoms with Gasteiger partial charge in [0, 0.05) is 12.3 Å². The zero-order valence-electron chi connectivity index (χ0n) is 21.5. The van der Waals surface area contributed by atoms with Gasteiger partial charge in [-0.1, -0.05) is 6.92 Å². The van der Waals surface area contributed by atoms with Crippen LogP contribution >= 0.6 is 0 Å². The normalized spacial score (nSPS) is 13.3. The number of ketones is 1. The Morgan fingerprint density at radius 2 is 1.62 bits per heavy atom. The third kappa shape index (κ3) is 8.20. The number of Topliss-reactive ketones (excluding diaryl/α,β-unsaturated/α-hetero) is 1. The van der Waals surface area contributed by atoms with E-state index in [0.29, 0.717) is 0 Å².